The van der Waals surface area contributed by atoms with Gasteiger partial charge >= 0.3 is 0 Å². The molecule has 0 amide bonds. The summed E-state index contributed by atoms with van der Waals surface area (Å²) < 4.78 is 32.6. The fourth-order valence-electron chi connectivity index (χ4n) is 4.39. The maximum Gasteiger partial charge on any atom is 0.264 e. The zero-order valence-corrected chi connectivity index (χ0v) is 17.3. The normalized spacial score (nSPS) is 28.4. The maximum atomic E-state index is 11.0. The average Bonchev–Trinajstić information content (AvgIpc) is 2.88. The van der Waals surface area contributed by atoms with E-state index in [1.54, 1.807) is 0 Å². The molecule has 5 nitrogen and oxygen atoms in total. The Morgan fingerprint density at radius 1 is 1.20 bits per heavy atom. The SMILES string of the molecule is CCCCOCCC1CCC(C(C)CCCOS(C)(=O)=O)C1(C)CO. The van der Waals surface area contributed by atoms with Gasteiger partial charge in [-0.3, -0.25) is 4.18 Å². The van der Waals surface area contributed by atoms with Gasteiger partial charge in [-0.25, -0.2) is 0 Å². The summed E-state index contributed by atoms with van der Waals surface area (Å²) in [4.78, 5) is 0. The van der Waals surface area contributed by atoms with E-state index in [9.17, 15) is 13.5 Å². The average molecular weight is 379 g/mol. The van der Waals surface area contributed by atoms with Crippen LogP contribution >= 0.6 is 0 Å². The number of rotatable bonds is 13. The Bertz CT molecular complexity index is 464. The van der Waals surface area contributed by atoms with Crippen molar-refractivity contribution in [2.75, 3.05) is 32.7 Å². The highest BCUT2D eigenvalue weighted by atomic mass is 32.2. The molecule has 0 radical (unpaired) electrons. The molecule has 1 aliphatic carbocycles. The van der Waals surface area contributed by atoms with Crippen LogP contribution in [0.3, 0.4) is 0 Å². The zero-order valence-electron chi connectivity index (χ0n) is 16.5. The van der Waals surface area contributed by atoms with Crippen LogP contribution in [0.15, 0.2) is 0 Å². The van der Waals surface area contributed by atoms with Crippen LogP contribution < -0.4 is 0 Å². The van der Waals surface area contributed by atoms with Crippen LogP contribution in [0.25, 0.3) is 0 Å². The predicted molar refractivity (Wildman–Crippen MR) is 101 cm³/mol. The summed E-state index contributed by atoms with van der Waals surface area (Å²) in [5, 5.41) is 10.1. The van der Waals surface area contributed by atoms with E-state index in [2.05, 4.69) is 20.8 Å². The Labute approximate surface area is 154 Å². The van der Waals surface area contributed by atoms with E-state index in [1.165, 1.54) is 0 Å². The standard InChI is InChI=1S/C19H38O5S/c1-5-6-12-23-14-11-17-9-10-18(19(17,3)15-20)16(2)8-7-13-24-25(4,21)22/h16-18,20H,5-15H2,1-4H3. The fraction of sp³-hybridized carbons (Fsp3) is 1.00. The Hall–Kier alpha value is -0.170. The molecular weight excluding hydrogens is 340 g/mol. The van der Waals surface area contributed by atoms with Crippen LogP contribution in [0.5, 0.6) is 0 Å². The quantitative estimate of drug-likeness (QED) is 0.391. The lowest BCUT2D eigenvalue weighted by Crippen LogP contribution is -2.36. The van der Waals surface area contributed by atoms with Crippen LogP contribution in [0, 0.1) is 23.2 Å². The van der Waals surface area contributed by atoms with Crippen molar-refractivity contribution in [1.29, 1.82) is 0 Å². The molecule has 1 fully saturated rings. The van der Waals surface area contributed by atoms with Gasteiger partial charge in [0, 0.05) is 19.8 Å². The van der Waals surface area contributed by atoms with Crippen molar-refractivity contribution in [2.45, 2.75) is 65.7 Å². The molecule has 0 aromatic heterocycles. The summed E-state index contributed by atoms with van der Waals surface area (Å²) in [6.45, 7) is 8.67. The van der Waals surface area contributed by atoms with Gasteiger partial charge in [0.1, 0.15) is 0 Å². The van der Waals surface area contributed by atoms with Crippen LogP contribution in [0.1, 0.15) is 65.7 Å². The maximum absolute atomic E-state index is 11.0. The van der Waals surface area contributed by atoms with Crippen molar-refractivity contribution in [2.24, 2.45) is 23.2 Å². The summed E-state index contributed by atoms with van der Waals surface area (Å²) in [5.41, 5.74) is -0.0643. The minimum atomic E-state index is -3.35. The number of ether oxygens (including phenoxy) is 1. The van der Waals surface area contributed by atoms with Gasteiger partial charge in [0.15, 0.2) is 0 Å². The molecule has 1 aliphatic rings. The molecular formula is C19H38O5S. The third-order valence-electron chi connectivity index (χ3n) is 5.99. The minimum Gasteiger partial charge on any atom is -0.396 e. The zero-order chi connectivity index (χ0) is 18.9. The number of aliphatic hydroxyl groups is 1. The third-order valence-corrected chi connectivity index (χ3v) is 6.58. The lowest BCUT2D eigenvalue weighted by Gasteiger charge is -2.38. The summed E-state index contributed by atoms with van der Waals surface area (Å²) in [5.74, 6) is 1.42. The van der Waals surface area contributed by atoms with Gasteiger partial charge in [-0.05, 0) is 61.7 Å². The number of aliphatic hydroxyl groups excluding tert-OH is 1. The molecule has 1 saturated carbocycles. The molecule has 1 N–H and O–H groups in total. The molecule has 4 unspecified atom stereocenters. The molecule has 1 rings (SSSR count). The van der Waals surface area contributed by atoms with Crippen molar-refractivity contribution in [3.8, 4) is 0 Å². The summed E-state index contributed by atoms with van der Waals surface area (Å²) in [6.07, 6.45) is 8.29. The molecule has 0 aromatic carbocycles. The molecule has 0 bridgehead atoms. The Morgan fingerprint density at radius 3 is 2.52 bits per heavy atom. The van der Waals surface area contributed by atoms with Crippen LogP contribution in [-0.2, 0) is 19.0 Å². The molecule has 0 spiro atoms. The first-order valence-electron chi connectivity index (χ1n) is 9.77. The molecule has 6 heteroatoms. The van der Waals surface area contributed by atoms with Crippen molar-refractivity contribution in [1.82, 2.24) is 0 Å². The van der Waals surface area contributed by atoms with Gasteiger partial charge in [-0.2, -0.15) is 8.42 Å². The van der Waals surface area contributed by atoms with Gasteiger partial charge in [0.05, 0.1) is 12.9 Å². The van der Waals surface area contributed by atoms with Gasteiger partial charge < -0.3 is 9.84 Å². The van der Waals surface area contributed by atoms with Crippen LogP contribution in [-0.4, -0.2) is 46.2 Å². The highest BCUT2D eigenvalue weighted by Crippen LogP contribution is 2.52. The first-order valence-corrected chi connectivity index (χ1v) is 11.6. The Kier molecular flexibility index (Phi) is 9.93. The second kappa shape index (κ2) is 10.9. The van der Waals surface area contributed by atoms with Gasteiger partial charge in [-0.15, -0.1) is 0 Å². The molecule has 0 saturated heterocycles. The Balaban J connectivity index is 2.45. The first-order chi connectivity index (χ1) is 11.7. The van der Waals surface area contributed by atoms with E-state index < -0.39 is 10.1 Å². The second-order valence-electron chi connectivity index (χ2n) is 7.94. The molecule has 150 valence electrons. The lowest BCUT2D eigenvalue weighted by atomic mass is 9.68. The summed E-state index contributed by atoms with van der Waals surface area (Å²) >= 11 is 0. The van der Waals surface area contributed by atoms with Crippen molar-refractivity contribution in [3.05, 3.63) is 0 Å². The van der Waals surface area contributed by atoms with E-state index in [-0.39, 0.29) is 18.6 Å². The van der Waals surface area contributed by atoms with Crippen molar-refractivity contribution in [3.63, 3.8) is 0 Å². The van der Waals surface area contributed by atoms with Crippen molar-refractivity contribution >= 4 is 10.1 Å². The highest BCUT2D eigenvalue weighted by molar-refractivity contribution is 7.85. The number of unbranched alkanes of at least 4 members (excludes halogenated alkanes) is 1. The lowest BCUT2D eigenvalue weighted by molar-refractivity contribution is 0.0174. The highest BCUT2D eigenvalue weighted by Gasteiger charge is 2.47. The minimum absolute atomic E-state index is 0.0643. The number of hydrogen-bond acceptors (Lipinski definition) is 5. The molecule has 0 aliphatic heterocycles. The number of hydrogen-bond donors (Lipinski definition) is 1. The largest absolute Gasteiger partial charge is 0.396 e. The van der Waals surface area contributed by atoms with Gasteiger partial charge in [-0.1, -0.05) is 27.2 Å². The van der Waals surface area contributed by atoms with Crippen LogP contribution in [0.4, 0.5) is 0 Å². The van der Waals surface area contributed by atoms with E-state index in [4.69, 9.17) is 8.92 Å². The smallest absolute Gasteiger partial charge is 0.264 e. The molecule has 4 atom stereocenters. The Morgan fingerprint density at radius 2 is 1.92 bits per heavy atom. The van der Waals surface area contributed by atoms with E-state index >= 15 is 0 Å². The van der Waals surface area contributed by atoms with Gasteiger partial charge in [0.2, 0.25) is 0 Å². The molecule has 0 heterocycles. The third kappa shape index (κ3) is 7.53. The second-order valence-corrected chi connectivity index (χ2v) is 9.59. The summed E-state index contributed by atoms with van der Waals surface area (Å²) in [6, 6.07) is 0. The monoisotopic (exact) mass is 378 g/mol. The van der Waals surface area contributed by atoms with E-state index in [0.29, 0.717) is 17.8 Å². The molecule has 0 aromatic rings. The first kappa shape index (κ1) is 22.9. The van der Waals surface area contributed by atoms with Crippen molar-refractivity contribution < 1.29 is 22.4 Å². The van der Waals surface area contributed by atoms with Gasteiger partial charge in [0.25, 0.3) is 10.1 Å². The molecule has 25 heavy (non-hydrogen) atoms. The topological polar surface area (TPSA) is 72.8 Å². The van der Waals surface area contributed by atoms with Crippen LogP contribution in [0.2, 0.25) is 0 Å². The van der Waals surface area contributed by atoms with E-state index in [1.807, 2.05) is 0 Å². The predicted octanol–water partition coefficient (Wildman–Crippen LogP) is 3.61. The fourth-order valence-corrected chi connectivity index (χ4v) is 4.81. The summed E-state index contributed by atoms with van der Waals surface area (Å²) in [7, 11) is -3.35. The van der Waals surface area contributed by atoms with E-state index in [0.717, 1.165) is 64.4 Å².